The smallest absolute Gasteiger partial charge is 0.462 e. The molecule has 17 nitrogen and oxygen atoms in total. The zero-order valence-electron chi connectivity index (χ0n) is 66.8. The van der Waals surface area contributed by atoms with Crippen LogP contribution in [0, 0.1) is 5.92 Å². The van der Waals surface area contributed by atoms with E-state index < -0.39 is 97.5 Å². The minimum Gasteiger partial charge on any atom is -0.462 e. The third-order valence-corrected chi connectivity index (χ3v) is 21.4. The number of unbranched alkanes of at least 4 members (excludes halogenated alkanes) is 55. The van der Waals surface area contributed by atoms with E-state index in [9.17, 15) is 43.2 Å². The molecule has 0 aliphatic heterocycles. The van der Waals surface area contributed by atoms with E-state index in [4.69, 9.17) is 37.0 Å². The quantitative estimate of drug-likeness (QED) is 0.0222. The first-order valence-corrected chi connectivity index (χ1v) is 46.1. The van der Waals surface area contributed by atoms with Crippen LogP contribution >= 0.6 is 15.6 Å². The fraction of sp³-hybridized carbons (Fsp3) is 0.952. The Morgan fingerprint density at radius 2 is 0.451 bits per heavy atom. The summed E-state index contributed by atoms with van der Waals surface area (Å²) in [5.41, 5.74) is 0. The molecule has 0 fully saturated rings. The topological polar surface area (TPSA) is 237 Å². The van der Waals surface area contributed by atoms with Crippen LogP contribution < -0.4 is 0 Å². The molecule has 3 N–H and O–H groups in total. The molecular formula is C83H162O17P2. The fourth-order valence-corrected chi connectivity index (χ4v) is 14.5. The molecule has 0 aliphatic carbocycles. The summed E-state index contributed by atoms with van der Waals surface area (Å²) >= 11 is 0. The Labute approximate surface area is 626 Å². The van der Waals surface area contributed by atoms with Gasteiger partial charge in [0.1, 0.15) is 19.3 Å². The molecule has 0 bridgehead atoms. The van der Waals surface area contributed by atoms with E-state index in [1.54, 1.807) is 0 Å². The Hall–Kier alpha value is -1.94. The molecule has 2 unspecified atom stereocenters. The summed E-state index contributed by atoms with van der Waals surface area (Å²) in [5, 5.41) is 10.6. The number of phosphoric ester groups is 2. The van der Waals surface area contributed by atoms with E-state index in [-0.39, 0.29) is 25.7 Å². The second-order valence-corrected chi connectivity index (χ2v) is 33.3. The van der Waals surface area contributed by atoms with Crippen molar-refractivity contribution >= 4 is 39.5 Å². The average Bonchev–Trinajstić information content (AvgIpc) is 0.933. The average molecular weight is 1490 g/mol. The zero-order chi connectivity index (χ0) is 74.8. The molecule has 19 heteroatoms. The minimum absolute atomic E-state index is 0.107. The Kier molecular flexibility index (Phi) is 74.4. The summed E-state index contributed by atoms with van der Waals surface area (Å²) in [6, 6.07) is 0. The van der Waals surface area contributed by atoms with Crippen molar-refractivity contribution in [3.05, 3.63) is 0 Å². The van der Waals surface area contributed by atoms with Crippen molar-refractivity contribution in [2.24, 2.45) is 5.92 Å². The van der Waals surface area contributed by atoms with E-state index in [1.807, 2.05) is 0 Å². The van der Waals surface area contributed by atoms with Crippen LogP contribution in [-0.4, -0.2) is 96.7 Å². The van der Waals surface area contributed by atoms with Crippen LogP contribution in [0.15, 0.2) is 0 Å². The number of carbonyl (C=O) groups is 4. The first-order valence-electron chi connectivity index (χ1n) is 43.1. The fourth-order valence-electron chi connectivity index (χ4n) is 12.9. The number of hydrogen-bond acceptors (Lipinski definition) is 15. The summed E-state index contributed by atoms with van der Waals surface area (Å²) in [4.78, 5) is 73.0. The van der Waals surface area contributed by atoms with Crippen LogP contribution in [0.1, 0.15) is 446 Å². The largest absolute Gasteiger partial charge is 0.472 e. The van der Waals surface area contributed by atoms with Gasteiger partial charge in [0.05, 0.1) is 26.4 Å². The summed E-state index contributed by atoms with van der Waals surface area (Å²) in [7, 11) is -9.92. The SMILES string of the molecule is CCCCCCCCCCCCCCCCCCCCCCCC(=O)O[C@H](COC(=O)CCCCCCCCCCCCCCCCCCCC)COP(=O)(O)OC[C@@H](O)COP(=O)(O)OC[C@@H](COC(=O)CCCCCCCCCCC)OC(=O)CCCCCCCCCCCCCC(C)C. The van der Waals surface area contributed by atoms with Crippen LogP contribution in [-0.2, 0) is 65.4 Å². The van der Waals surface area contributed by atoms with E-state index >= 15 is 0 Å². The molecule has 0 aromatic carbocycles. The molecule has 0 saturated carbocycles. The lowest BCUT2D eigenvalue weighted by atomic mass is 10.0. The highest BCUT2D eigenvalue weighted by atomic mass is 31.2. The lowest BCUT2D eigenvalue weighted by molar-refractivity contribution is -0.161. The Morgan fingerprint density at radius 1 is 0.265 bits per heavy atom. The lowest BCUT2D eigenvalue weighted by Crippen LogP contribution is -2.30. The maximum atomic E-state index is 13.1. The number of esters is 4. The van der Waals surface area contributed by atoms with Crippen molar-refractivity contribution in [1.82, 2.24) is 0 Å². The second kappa shape index (κ2) is 75.9. The lowest BCUT2D eigenvalue weighted by Gasteiger charge is -2.21. The predicted molar refractivity (Wildman–Crippen MR) is 418 cm³/mol. The number of hydrogen-bond donors (Lipinski definition) is 3. The molecule has 102 heavy (non-hydrogen) atoms. The summed E-state index contributed by atoms with van der Waals surface area (Å²) in [6.45, 7) is 7.32. The van der Waals surface area contributed by atoms with Gasteiger partial charge in [-0.15, -0.1) is 0 Å². The molecule has 0 amide bonds. The van der Waals surface area contributed by atoms with Gasteiger partial charge < -0.3 is 33.8 Å². The van der Waals surface area contributed by atoms with E-state index in [0.717, 1.165) is 95.8 Å². The van der Waals surface area contributed by atoms with Gasteiger partial charge in [0.25, 0.3) is 0 Å². The molecular weight excluding hydrogens is 1330 g/mol. The third-order valence-electron chi connectivity index (χ3n) is 19.5. The van der Waals surface area contributed by atoms with Gasteiger partial charge in [0.2, 0.25) is 0 Å². The van der Waals surface area contributed by atoms with Crippen molar-refractivity contribution in [2.45, 2.75) is 464 Å². The van der Waals surface area contributed by atoms with E-state index in [2.05, 4.69) is 34.6 Å². The van der Waals surface area contributed by atoms with Crippen LogP contribution in [0.4, 0.5) is 0 Å². The molecule has 606 valence electrons. The van der Waals surface area contributed by atoms with Gasteiger partial charge in [-0.2, -0.15) is 0 Å². The number of phosphoric acid groups is 2. The van der Waals surface area contributed by atoms with Gasteiger partial charge in [-0.05, 0) is 31.6 Å². The Morgan fingerprint density at radius 3 is 0.667 bits per heavy atom. The van der Waals surface area contributed by atoms with Crippen LogP contribution in [0.3, 0.4) is 0 Å². The number of carbonyl (C=O) groups excluding carboxylic acids is 4. The number of ether oxygens (including phenoxy) is 4. The minimum atomic E-state index is -4.96. The zero-order valence-corrected chi connectivity index (χ0v) is 68.5. The van der Waals surface area contributed by atoms with Crippen molar-refractivity contribution < 1.29 is 80.2 Å². The number of aliphatic hydroxyl groups is 1. The van der Waals surface area contributed by atoms with Crippen molar-refractivity contribution in [3.63, 3.8) is 0 Å². The monoisotopic (exact) mass is 1490 g/mol. The van der Waals surface area contributed by atoms with Crippen molar-refractivity contribution in [1.29, 1.82) is 0 Å². The van der Waals surface area contributed by atoms with Crippen LogP contribution in [0.2, 0.25) is 0 Å². The number of aliphatic hydroxyl groups excluding tert-OH is 1. The molecule has 5 atom stereocenters. The van der Waals surface area contributed by atoms with Gasteiger partial charge in [-0.25, -0.2) is 9.13 Å². The summed E-state index contributed by atoms with van der Waals surface area (Å²) < 4.78 is 68.7. The molecule has 0 heterocycles. The van der Waals surface area contributed by atoms with E-state index in [0.29, 0.717) is 25.7 Å². The molecule has 0 spiro atoms. The second-order valence-electron chi connectivity index (χ2n) is 30.3. The molecule has 0 rings (SSSR count). The highest BCUT2D eigenvalue weighted by Crippen LogP contribution is 2.45. The Bertz CT molecular complexity index is 1940. The molecule has 0 saturated heterocycles. The number of rotatable bonds is 83. The maximum absolute atomic E-state index is 13.1. The highest BCUT2D eigenvalue weighted by molar-refractivity contribution is 7.47. The first-order chi connectivity index (χ1) is 49.5. The van der Waals surface area contributed by atoms with Gasteiger partial charge in [0.15, 0.2) is 12.2 Å². The van der Waals surface area contributed by atoms with Crippen LogP contribution in [0.5, 0.6) is 0 Å². The van der Waals surface area contributed by atoms with Crippen molar-refractivity contribution in [3.8, 4) is 0 Å². The summed E-state index contributed by atoms with van der Waals surface area (Å²) in [6.07, 6.45) is 68.1. The predicted octanol–water partition coefficient (Wildman–Crippen LogP) is 25.2. The molecule has 0 aliphatic rings. The standard InChI is InChI=1S/C83H162O17P2/c1-6-9-12-15-18-21-23-25-27-29-31-32-33-35-37-39-43-48-53-58-63-68-82(87)100-79(73-94-81(86)67-62-57-52-47-42-38-36-34-30-28-26-24-22-19-16-13-10-7-2)75-98-102(91,92)96-71-77(84)70-95-101(89,90)97-74-78(72-93-80(85)66-61-56-51-45-20-17-14-11-8-3)99-83(88)69-64-59-54-49-44-40-41-46-50-55-60-65-76(4)5/h76-79,84H,6-75H2,1-5H3,(H,89,90)(H,91,92)/t77-,78+,79+/m0/s1. The molecule has 0 aromatic heterocycles. The van der Waals surface area contributed by atoms with Crippen molar-refractivity contribution in [2.75, 3.05) is 39.6 Å². The van der Waals surface area contributed by atoms with Gasteiger partial charge in [-0.3, -0.25) is 37.3 Å². The third kappa shape index (κ3) is 76.3. The molecule has 0 radical (unpaired) electrons. The van der Waals surface area contributed by atoms with Gasteiger partial charge in [-0.1, -0.05) is 394 Å². The first kappa shape index (κ1) is 100. The highest BCUT2D eigenvalue weighted by Gasteiger charge is 2.30. The van der Waals surface area contributed by atoms with Crippen LogP contribution in [0.25, 0.3) is 0 Å². The maximum Gasteiger partial charge on any atom is 0.472 e. The summed E-state index contributed by atoms with van der Waals surface area (Å²) in [5.74, 6) is -1.34. The van der Waals surface area contributed by atoms with E-state index in [1.165, 1.54) is 270 Å². The Balaban J connectivity index is 5.20. The van der Waals surface area contributed by atoms with Gasteiger partial charge in [0, 0.05) is 25.7 Å². The normalized spacial score (nSPS) is 13.8. The van der Waals surface area contributed by atoms with Gasteiger partial charge >= 0.3 is 39.5 Å². The molecule has 0 aromatic rings.